The molecule has 2 aromatic rings. The summed E-state index contributed by atoms with van der Waals surface area (Å²) < 4.78 is 0. The van der Waals surface area contributed by atoms with Crippen LogP contribution in [0.5, 0.6) is 0 Å². The molecule has 4 nitrogen and oxygen atoms in total. The van der Waals surface area contributed by atoms with Crippen LogP contribution in [-0.4, -0.2) is 23.4 Å². The summed E-state index contributed by atoms with van der Waals surface area (Å²) >= 11 is 0. The summed E-state index contributed by atoms with van der Waals surface area (Å²) in [6, 6.07) is 12.8. The molecule has 0 saturated carbocycles. The highest BCUT2D eigenvalue weighted by Gasteiger charge is 2.30. The Kier molecular flexibility index (Phi) is 5.32. The van der Waals surface area contributed by atoms with Gasteiger partial charge in [-0.05, 0) is 67.1 Å². The van der Waals surface area contributed by atoms with Gasteiger partial charge in [-0.1, -0.05) is 36.9 Å². The van der Waals surface area contributed by atoms with E-state index in [1.807, 2.05) is 13.0 Å². The van der Waals surface area contributed by atoms with Crippen LogP contribution in [0.25, 0.3) is 0 Å². The zero-order valence-electron chi connectivity index (χ0n) is 15.9. The molecule has 0 aromatic heterocycles. The minimum atomic E-state index is -0.937. The van der Waals surface area contributed by atoms with Gasteiger partial charge < -0.3 is 9.94 Å². The lowest BCUT2D eigenvalue weighted by Gasteiger charge is -2.33. The molecule has 0 unspecified atom stereocenters. The maximum absolute atomic E-state index is 10.9. The monoisotopic (exact) mass is 361 g/mol. The summed E-state index contributed by atoms with van der Waals surface area (Å²) in [6.07, 6.45) is 1.92. The molecule has 3 rings (SSSR count). The van der Waals surface area contributed by atoms with Crippen LogP contribution in [0.3, 0.4) is 0 Å². The second-order valence-electron chi connectivity index (χ2n) is 7.23. The van der Waals surface area contributed by atoms with Gasteiger partial charge in [0.1, 0.15) is 6.61 Å². The van der Waals surface area contributed by atoms with Crippen molar-refractivity contribution in [3.63, 3.8) is 0 Å². The molecule has 0 spiro atoms. The van der Waals surface area contributed by atoms with Crippen LogP contribution >= 0.6 is 0 Å². The average molecular weight is 361 g/mol. The lowest BCUT2D eigenvalue weighted by Crippen LogP contribution is -2.28. The van der Waals surface area contributed by atoms with E-state index in [0.717, 1.165) is 35.2 Å². The normalized spacial score (nSPS) is 16.2. The number of hydrogen-bond acceptors (Lipinski definition) is 3. The van der Waals surface area contributed by atoms with Gasteiger partial charge in [-0.2, -0.15) is 0 Å². The Morgan fingerprint density at radius 3 is 2.48 bits per heavy atom. The summed E-state index contributed by atoms with van der Waals surface area (Å²) in [7, 11) is 0. The van der Waals surface area contributed by atoms with Gasteiger partial charge in [0.2, 0.25) is 0 Å². The molecule has 0 atom stereocenters. The van der Waals surface area contributed by atoms with Crippen LogP contribution in [0.15, 0.2) is 47.6 Å². The van der Waals surface area contributed by atoms with Crippen molar-refractivity contribution in [3.05, 3.63) is 70.3 Å². The second-order valence-corrected chi connectivity index (χ2v) is 7.23. The molecule has 4 heteroatoms. The van der Waals surface area contributed by atoms with Crippen molar-refractivity contribution < 1.29 is 14.7 Å². The fraction of sp³-hybridized carbons (Fsp3) is 0.304. The molecule has 0 saturated heterocycles. The van der Waals surface area contributed by atoms with Crippen LogP contribution in [0.1, 0.15) is 66.2 Å². The quantitative estimate of drug-likeness (QED) is 0.642. The van der Waals surface area contributed by atoms with Gasteiger partial charge in [0.05, 0.1) is 11.3 Å². The molecule has 2 aromatic carbocycles. The maximum atomic E-state index is 10.9. The Bertz CT molecular complexity index is 944. The summed E-state index contributed by atoms with van der Waals surface area (Å²) in [5, 5.41) is 13.3. The first-order valence-corrected chi connectivity index (χ1v) is 9.10. The highest BCUT2D eigenvalue weighted by molar-refractivity contribution is 6.03. The van der Waals surface area contributed by atoms with E-state index in [9.17, 15) is 4.79 Å². The minimum absolute atomic E-state index is 0.0964. The van der Waals surface area contributed by atoms with Crippen LogP contribution in [0, 0.1) is 11.8 Å². The molecule has 27 heavy (non-hydrogen) atoms. The van der Waals surface area contributed by atoms with Crippen molar-refractivity contribution in [2.75, 3.05) is 6.61 Å². The second kappa shape index (κ2) is 7.67. The van der Waals surface area contributed by atoms with E-state index in [0.29, 0.717) is 6.61 Å². The van der Waals surface area contributed by atoms with Gasteiger partial charge in [0, 0.05) is 16.7 Å². The van der Waals surface area contributed by atoms with Crippen LogP contribution in [0.4, 0.5) is 0 Å². The van der Waals surface area contributed by atoms with E-state index < -0.39 is 5.97 Å². The number of rotatable bonds is 3. The van der Waals surface area contributed by atoms with Gasteiger partial charge in [0.25, 0.3) is 0 Å². The smallest absolute Gasteiger partial charge is 0.335 e. The summed E-state index contributed by atoms with van der Waals surface area (Å²) in [5.74, 6) is 5.33. The van der Waals surface area contributed by atoms with E-state index in [-0.39, 0.29) is 11.0 Å². The molecule has 0 amide bonds. The van der Waals surface area contributed by atoms with E-state index in [1.54, 1.807) is 24.3 Å². The zero-order chi connectivity index (χ0) is 19.4. The predicted octanol–water partition coefficient (Wildman–Crippen LogP) is 4.60. The fourth-order valence-electron chi connectivity index (χ4n) is 3.23. The summed E-state index contributed by atoms with van der Waals surface area (Å²) in [4.78, 5) is 16.2. The third kappa shape index (κ3) is 4.20. The highest BCUT2D eigenvalue weighted by atomic mass is 16.6. The van der Waals surface area contributed by atoms with Gasteiger partial charge in [-0.25, -0.2) is 4.79 Å². The van der Waals surface area contributed by atoms with Crippen molar-refractivity contribution in [2.45, 2.75) is 39.0 Å². The molecule has 0 heterocycles. The molecule has 138 valence electrons. The number of nitrogens with zero attached hydrogens (tertiary/aromatic N) is 1. The molecule has 0 aliphatic heterocycles. The highest BCUT2D eigenvalue weighted by Crippen LogP contribution is 2.37. The summed E-state index contributed by atoms with van der Waals surface area (Å²) in [6.45, 7) is 6.97. The van der Waals surface area contributed by atoms with Gasteiger partial charge in [0.15, 0.2) is 0 Å². The third-order valence-corrected chi connectivity index (χ3v) is 4.83. The lowest BCUT2D eigenvalue weighted by atomic mass is 9.72. The SMILES string of the molecule is CCO/N=C1\CCC(C)(C)c2ccc(C#Cc3ccc(C(=O)O)cc3)cc21. The van der Waals surface area contributed by atoms with E-state index in [1.165, 1.54) is 5.56 Å². The number of carbonyl (C=O) groups is 1. The molecule has 1 aliphatic carbocycles. The molecule has 0 bridgehead atoms. The number of aromatic carboxylic acids is 1. The Morgan fingerprint density at radius 2 is 1.81 bits per heavy atom. The standard InChI is InChI=1S/C23H23NO3/c1-4-27-24-21-13-14-23(2,3)20-12-9-17(15-19(20)21)6-5-16-7-10-18(11-8-16)22(25)26/h7-12,15H,4,13-14H2,1-3H3,(H,25,26)/b24-21+. The lowest BCUT2D eigenvalue weighted by molar-refractivity contribution is 0.0697. The first-order chi connectivity index (χ1) is 12.9. The van der Waals surface area contributed by atoms with Crippen LogP contribution < -0.4 is 0 Å². The number of benzene rings is 2. The Morgan fingerprint density at radius 1 is 1.15 bits per heavy atom. The van der Waals surface area contributed by atoms with Crippen molar-refractivity contribution >= 4 is 11.7 Å². The van der Waals surface area contributed by atoms with Crippen molar-refractivity contribution in [1.82, 2.24) is 0 Å². The first-order valence-electron chi connectivity index (χ1n) is 9.10. The Hall–Kier alpha value is -3.06. The average Bonchev–Trinajstić information content (AvgIpc) is 2.66. The third-order valence-electron chi connectivity index (χ3n) is 4.83. The molecule has 1 aliphatic rings. The molecule has 1 N–H and O–H groups in total. The zero-order valence-corrected chi connectivity index (χ0v) is 15.9. The van der Waals surface area contributed by atoms with Crippen molar-refractivity contribution in [1.29, 1.82) is 0 Å². The van der Waals surface area contributed by atoms with Gasteiger partial charge in [-0.3, -0.25) is 0 Å². The largest absolute Gasteiger partial charge is 0.478 e. The molecular weight excluding hydrogens is 338 g/mol. The number of carboxylic acids is 1. The van der Waals surface area contributed by atoms with Gasteiger partial charge in [-0.15, -0.1) is 0 Å². The van der Waals surface area contributed by atoms with Crippen molar-refractivity contribution in [3.8, 4) is 11.8 Å². The summed E-state index contributed by atoms with van der Waals surface area (Å²) in [5.41, 5.74) is 5.38. The molecule has 0 fully saturated rings. The number of hydrogen-bond donors (Lipinski definition) is 1. The van der Waals surface area contributed by atoms with Gasteiger partial charge >= 0.3 is 5.97 Å². The topological polar surface area (TPSA) is 58.9 Å². The number of carboxylic acid groups (broad SMARTS) is 1. The predicted molar refractivity (Wildman–Crippen MR) is 106 cm³/mol. The van der Waals surface area contributed by atoms with E-state index >= 15 is 0 Å². The first kappa shape index (κ1) is 18.7. The Labute approximate surface area is 159 Å². The fourth-order valence-corrected chi connectivity index (χ4v) is 3.23. The van der Waals surface area contributed by atoms with Crippen molar-refractivity contribution in [2.24, 2.45) is 5.16 Å². The van der Waals surface area contributed by atoms with E-state index in [4.69, 9.17) is 9.94 Å². The Balaban J connectivity index is 1.94. The van der Waals surface area contributed by atoms with Crippen LogP contribution in [0.2, 0.25) is 0 Å². The minimum Gasteiger partial charge on any atom is -0.478 e. The maximum Gasteiger partial charge on any atom is 0.335 e. The number of oxime groups is 1. The number of fused-ring (bicyclic) bond motifs is 1. The molecule has 0 radical (unpaired) electrons. The van der Waals surface area contributed by atoms with Crippen LogP contribution in [-0.2, 0) is 10.3 Å². The molecular formula is C23H23NO3. The van der Waals surface area contributed by atoms with E-state index in [2.05, 4.69) is 43.0 Å².